The lowest BCUT2D eigenvalue weighted by molar-refractivity contribution is -0.384. The summed E-state index contributed by atoms with van der Waals surface area (Å²) >= 11 is 0. The summed E-state index contributed by atoms with van der Waals surface area (Å²) < 4.78 is 29.4. The average molecular weight is 407 g/mol. The number of anilines is 2. The van der Waals surface area contributed by atoms with Crippen molar-refractivity contribution in [3.05, 3.63) is 52.2 Å². The van der Waals surface area contributed by atoms with Crippen molar-refractivity contribution in [3.63, 3.8) is 0 Å². The van der Waals surface area contributed by atoms with Crippen LogP contribution in [0, 0.1) is 10.1 Å². The van der Waals surface area contributed by atoms with E-state index in [4.69, 9.17) is 0 Å². The summed E-state index contributed by atoms with van der Waals surface area (Å²) in [5.74, 6) is 0.453. The van der Waals surface area contributed by atoms with Gasteiger partial charge >= 0.3 is 12.6 Å². The second-order valence-electron chi connectivity index (χ2n) is 6.34. The second kappa shape index (κ2) is 9.13. The number of non-ortho nitro benzene ring substituents is 1. The molecule has 0 atom stereocenters. The van der Waals surface area contributed by atoms with Crippen LogP contribution in [-0.2, 0) is 6.54 Å². The standard InChI is InChI=1S/C18H19F2N5O4/c19-17(20)29-15-4-3-13(25(27)28)10-14(15)23-18(26)22-11-12-5-6-21-16(9-12)24-7-1-2-8-24/h3-6,9-10,17H,1-2,7-8,11H2,(H2,22,23,26). The van der Waals surface area contributed by atoms with Crippen molar-refractivity contribution in [2.45, 2.75) is 26.0 Å². The molecule has 29 heavy (non-hydrogen) atoms. The van der Waals surface area contributed by atoms with Gasteiger partial charge in [-0.15, -0.1) is 0 Å². The number of pyridine rings is 1. The third-order valence-corrected chi connectivity index (χ3v) is 4.33. The zero-order valence-corrected chi connectivity index (χ0v) is 15.3. The van der Waals surface area contributed by atoms with Gasteiger partial charge in [0.05, 0.1) is 10.6 Å². The summed E-state index contributed by atoms with van der Waals surface area (Å²) in [5.41, 5.74) is 0.205. The van der Waals surface area contributed by atoms with Crippen LogP contribution in [0.4, 0.5) is 30.8 Å². The quantitative estimate of drug-likeness (QED) is 0.537. The van der Waals surface area contributed by atoms with Crippen LogP contribution in [0.2, 0.25) is 0 Å². The molecule has 1 aromatic carbocycles. The van der Waals surface area contributed by atoms with E-state index in [0.717, 1.165) is 55.5 Å². The summed E-state index contributed by atoms with van der Waals surface area (Å²) in [4.78, 5) is 28.9. The average Bonchev–Trinajstić information content (AvgIpc) is 3.22. The van der Waals surface area contributed by atoms with Gasteiger partial charge in [0.15, 0.2) is 0 Å². The summed E-state index contributed by atoms with van der Waals surface area (Å²) in [6.45, 7) is -1.11. The van der Waals surface area contributed by atoms with E-state index in [0.29, 0.717) is 0 Å². The molecule has 1 fully saturated rings. The number of nitrogens with one attached hydrogen (secondary N) is 2. The summed E-state index contributed by atoms with van der Waals surface area (Å²) in [7, 11) is 0. The van der Waals surface area contributed by atoms with E-state index in [1.165, 1.54) is 0 Å². The minimum absolute atomic E-state index is 0.162. The smallest absolute Gasteiger partial charge is 0.387 e. The van der Waals surface area contributed by atoms with E-state index < -0.39 is 17.6 Å². The molecule has 9 nitrogen and oxygen atoms in total. The number of hydrogen-bond acceptors (Lipinski definition) is 6. The predicted octanol–water partition coefficient (Wildman–Crippen LogP) is 3.51. The molecule has 0 bridgehead atoms. The van der Waals surface area contributed by atoms with E-state index in [-0.39, 0.29) is 23.7 Å². The van der Waals surface area contributed by atoms with Gasteiger partial charge in [-0.3, -0.25) is 10.1 Å². The van der Waals surface area contributed by atoms with Gasteiger partial charge < -0.3 is 20.3 Å². The zero-order valence-electron chi connectivity index (χ0n) is 15.3. The first-order chi connectivity index (χ1) is 13.9. The normalized spacial score (nSPS) is 13.4. The topological polar surface area (TPSA) is 110 Å². The third-order valence-electron chi connectivity index (χ3n) is 4.33. The predicted molar refractivity (Wildman–Crippen MR) is 101 cm³/mol. The van der Waals surface area contributed by atoms with Crippen molar-refractivity contribution in [2.24, 2.45) is 0 Å². The van der Waals surface area contributed by atoms with Crippen molar-refractivity contribution >= 4 is 23.2 Å². The maximum Gasteiger partial charge on any atom is 0.387 e. The molecule has 1 aliphatic heterocycles. The Hall–Kier alpha value is -3.50. The molecular weight excluding hydrogens is 388 g/mol. The lowest BCUT2D eigenvalue weighted by atomic mass is 10.2. The fourth-order valence-corrected chi connectivity index (χ4v) is 2.97. The number of benzene rings is 1. The number of nitro benzene ring substituents is 1. The molecular formula is C18H19F2N5O4. The minimum Gasteiger partial charge on any atom is -0.433 e. The number of hydrogen-bond donors (Lipinski definition) is 2. The summed E-state index contributed by atoms with van der Waals surface area (Å²) in [6.07, 6.45) is 3.87. The Balaban J connectivity index is 1.65. The highest BCUT2D eigenvalue weighted by Crippen LogP contribution is 2.30. The molecule has 0 saturated carbocycles. The fraction of sp³-hybridized carbons (Fsp3) is 0.333. The Morgan fingerprint density at radius 2 is 2.03 bits per heavy atom. The van der Waals surface area contributed by atoms with Gasteiger partial charge in [-0.2, -0.15) is 8.78 Å². The number of carbonyl (C=O) groups excluding carboxylic acids is 1. The molecule has 1 saturated heterocycles. The Labute approximate surface area is 164 Å². The lowest BCUT2D eigenvalue weighted by Crippen LogP contribution is -2.28. The molecule has 2 aromatic rings. The first kappa shape index (κ1) is 20.2. The second-order valence-corrected chi connectivity index (χ2v) is 6.34. The molecule has 154 valence electrons. The van der Waals surface area contributed by atoms with Crippen molar-refractivity contribution < 1.29 is 23.2 Å². The van der Waals surface area contributed by atoms with Crippen molar-refractivity contribution in [3.8, 4) is 5.75 Å². The number of amides is 2. The number of carbonyl (C=O) groups is 1. The van der Waals surface area contributed by atoms with Crippen LogP contribution in [0.1, 0.15) is 18.4 Å². The highest BCUT2D eigenvalue weighted by atomic mass is 19.3. The maximum atomic E-state index is 12.5. The highest BCUT2D eigenvalue weighted by molar-refractivity contribution is 5.91. The number of nitrogens with zero attached hydrogens (tertiary/aromatic N) is 3. The first-order valence-corrected chi connectivity index (χ1v) is 8.90. The van der Waals surface area contributed by atoms with E-state index >= 15 is 0 Å². The van der Waals surface area contributed by atoms with Gasteiger partial charge in [-0.25, -0.2) is 9.78 Å². The third kappa shape index (κ3) is 5.50. The Bertz CT molecular complexity index is 890. The zero-order chi connectivity index (χ0) is 20.8. The molecule has 2 heterocycles. The highest BCUT2D eigenvalue weighted by Gasteiger charge is 2.17. The summed E-state index contributed by atoms with van der Waals surface area (Å²) in [5, 5.41) is 15.8. The molecule has 0 radical (unpaired) electrons. The Morgan fingerprint density at radius 3 is 2.72 bits per heavy atom. The monoisotopic (exact) mass is 407 g/mol. The molecule has 1 aromatic heterocycles. The van der Waals surface area contributed by atoms with Gasteiger partial charge in [0.2, 0.25) is 0 Å². The largest absolute Gasteiger partial charge is 0.433 e. The summed E-state index contributed by atoms with van der Waals surface area (Å²) in [6, 6.07) is 5.87. The molecule has 1 aliphatic rings. The van der Waals surface area contributed by atoms with Crippen LogP contribution in [0.15, 0.2) is 36.5 Å². The van der Waals surface area contributed by atoms with E-state index in [9.17, 15) is 23.7 Å². The van der Waals surface area contributed by atoms with Crippen LogP contribution in [0.5, 0.6) is 5.75 Å². The van der Waals surface area contributed by atoms with Gasteiger partial charge in [0, 0.05) is 38.0 Å². The number of halogens is 2. The van der Waals surface area contributed by atoms with E-state index in [1.54, 1.807) is 12.3 Å². The van der Waals surface area contributed by atoms with Crippen LogP contribution < -0.4 is 20.3 Å². The molecule has 2 N–H and O–H groups in total. The lowest BCUT2D eigenvalue weighted by Gasteiger charge is -2.17. The molecule has 11 heteroatoms. The van der Waals surface area contributed by atoms with E-state index in [2.05, 4.69) is 25.3 Å². The first-order valence-electron chi connectivity index (χ1n) is 8.90. The fourth-order valence-electron chi connectivity index (χ4n) is 2.97. The number of rotatable bonds is 7. The maximum absolute atomic E-state index is 12.5. The van der Waals surface area contributed by atoms with Crippen molar-refractivity contribution in [1.29, 1.82) is 0 Å². The SMILES string of the molecule is O=C(NCc1ccnc(N2CCCC2)c1)Nc1cc([N+](=O)[O-])ccc1OC(F)F. The number of ether oxygens (including phenoxy) is 1. The van der Waals surface area contributed by atoms with Gasteiger partial charge in [0.1, 0.15) is 11.6 Å². The van der Waals surface area contributed by atoms with Gasteiger partial charge in [-0.05, 0) is 36.6 Å². The van der Waals surface area contributed by atoms with Crippen LogP contribution in [0.3, 0.4) is 0 Å². The minimum atomic E-state index is -3.14. The Kier molecular flexibility index (Phi) is 6.37. The molecule has 0 unspecified atom stereocenters. The number of nitro groups is 1. The van der Waals surface area contributed by atoms with Crippen LogP contribution >= 0.6 is 0 Å². The molecule has 0 spiro atoms. The Morgan fingerprint density at radius 1 is 1.28 bits per heavy atom. The molecule has 3 rings (SSSR count). The van der Waals surface area contributed by atoms with E-state index in [1.807, 2.05) is 6.07 Å². The number of alkyl halides is 2. The molecule has 2 amide bonds. The number of urea groups is 1. The van der Waals surface area contributed by atoms with Crippen molar-refractivity contribution in [1.82, 2.24) is 10.3 Å². The number of aromatic nitrogens is 1. The van der Waals surface area contributed by atoms with Crippen LogP contribution in [-0.4, -0.2) is 35.6 Å². The van der Waals surface area contributed by atoms with Crippen LogP contribution in [0.25, 0.3) is 0 Å². The van der Waals surface area contributed by atoms with Gasteiger partial charge in [-0.1, -0.05) is 0 Å². The molecule has 0 aliphatic carbocycles. The van der Waals surface area contributed by atoms with Crippen molar-refractivity contribution in [2.75, 3.05) is 23.3 Å². The van der Waals surface area contributed by atoms with Gasteiger partial charge in [0.25, 0.3) is 5.69 Å².